The van der Waals surface area contributed by atoms with E-state index < -0.39 is 5.41 Å². The minimum atomic E-state index is -0.461. The molecule has 3 aliphatic carbocycles. The molecule has 0 saturated heterocycles. The van der Waals surface area contributed by atoms with Crippen LogP contribution in [0, 0.1) is 6.92 Å². The first-order valence-electron chi connectivity index (χ1n) is 21.9. The van der Waals surface area contributed by atoms with Gasteiger partial charge in [0.15, 0.2) is 0 Å². The molecule has 1 spiro atoms. The Hall–Kier alpha value is -7.22. The third kappa shape index (κ3) is 5.54. The highest BCUT2D eigenvalue weighted by Crippen LogP contribution is 2.64. The summed E-state index contributed by atoms with van der Waals surface area (Å²) < 4.78 is 0. The molecule has 0 fully saturated rings. The number of rotatable bonds is 6. The number of anilines is 3. The van der Waals surface area contributed by atoms with E-state index in [1.165, 1.54) is 113 Å². The molecule has 1 heteroatoms. The highest BCUT2D eigenvalue weighted by atomic mass is 15.1. The van der Waals surface area contributed by atoms with Crippen molar-refractivity contribution in [2.24, 2.45) is 0 Å². The quantitative estimate of drug-likeness (QED) is 0.162. The van der Waals surface area contributed by atoms with E-state index in [9.17, 15) is 0 Å². The van der Waals surface area contributed by atoms with Crippen LogP contribution in [0.3, 0.4) is 0 Å². The summed E-state index contributed by atoms with van der Waals surface area (Å²) >= 11 is 0. The average Bonchev–Trinajstić information content (AvgIpc) is 3.79. The molecule has 9 aromatic rings. The summed E-state index contributed by atoms with van der Waals surface area (Å²) in [5.74, 6) is 0. The highest BCUT2D eigenvalue weighted by Gasteiger charge is 2.52. The van der Waals surface area contributed by atoms with Crippen LogP contribution in [0.25, 0.3) is 55.6 Å². The van der Waals surface area contributed by atoms with E-state index in [-0.39, 0.29) is 0 Å². The molecule has 0 amide bonds. The summed E-state index contributed by atoms with van der Waals surface area (Å²) in [6, 6.07) is 77.5. The van der Waals surface area contributed by atoms with E-state index in [0.29, 0.717) is 0 Å². The second kappa shape index (κ2) is 14.2. The van der Waals surface area contributed by atoms with Crippen molar-refractivity contribution in [2.45, 2.75) is 38.0 Å². The molecule has 0 N–H and O–H groups in total. The zero-order valence-electron chi connectivity index (χ0n) is 34.4. The normalized spacial score (nSPS) is 13.9. The van der Waals surface area contributed by atoms with Gasteiger partial charge in [-0.15, -0.1) is 0 Å². The van der Waals surface area contributed by atoms with Crippen molar-refractivity contribution >= 4 is 17.1 Å². The zero-order valence-corrected chi connectivity index (χ0v) is 34.4. The van der Waals surface area contributed by atoms with E-state index in [4.69, 9.17) is 0 Å². The van der Waals surface area contributed by atoms with Gasteiger partial charge in [-0.25, -0.2) is 0 Å². The van der Waals surface area contributed by atoms with Crippen LogP contribution in [0.5, 0.6) is 0 Å². The fraction of sp³-hybridized carbons (Fsp3) is 0.100. The fourth-order valence-corrected chi connectivity index (χ4v) is 11.0. The molecular weight excluding hydrogens is 735 g/mol. The summed E-state index contributed by atoms with van der Waals surface area (Å²) in [6.07, 6.45) is 4.81. The first kappa shape index (κ1) is 35.7. The lowest BCUT2D eigenvalue weighted by Crippen LogP contribution is -2.26. The molecule has 1 nitrogen and oxygen atoms in total. The summed E-state index contributed by atoms with van der Waals surface area (Å²) in [7, 11) is 0. The van der Waals surface area contributed by atoms with Crippen molar-refractivity contribution in [1.82, 2.24) is 0 Å². The summed E-state index contributed by atoms with van der Waals surface area (Å²) in [5.41, 5.74) is 25.4. The van der Waals surface area contributed by atoms with E-state index in [1.54, 1.807) is 0 Å². The molecule has 12 rings (SSSR count). The third-order valence-electron chi connectivity index (χ3n) is 13.8. The summed E-state index contributed by atoms with van der Waals surface area (Å²) in [5, 5.41) is 0. The molecule has 0 atom stereocenters. The Balaban J connectivity index is 1.17. The molecule has 9 aromatic carbocycles. The van der Waals surface area contributed by atoms with Crippen molar-refractivity contribution in [2.75, 3.05) is 4.90 Å². The minimum Gasteiger partial charge on any atom is -0.310 e. The van der Waals surface area contributed by atoms with Crippen LogP contribution in [0.15, 0.2) is 206 Å². The van der Waals surface area contributed by atoms with Crippen molar-refractivity contribution in [3.8, 4) is 55.6 Å². The summed E-state index contributed by atoms with van der Waals surface area (Å²) in [6.45, 7) is 2.33. The maximum atomic E-state index is 2.58. The maximum Gasteiger partial charge on any atom is 0.0726 e. The number of nitrogens with zero attached hydrogens (tertiary/aromatic N) is 1. The molecule has 3 aliphatic rings. The van der Waals surface area contributed by atoms with Crippen molar-refractivity contribution < 1.29 is 0 Å². The summed E-state index contributed by atoms with van der Waals surface area (Å²) in [4.78, 5) is 2.53. The van der Waals surface area contributed by atoms with Crippen LogP contribution < -0.4 is 4.90 Å². The number of fused-ring (bicyclic) bond motifs is 11. The fourth-order valence-electron chi connectivity index (χ4n) is 11.0. The molecule has 0 aromatic heterocycles. The Morgan fingerprint density at radius 1 is 0.344 bits per heavy atom. The first-order chi connectivity index (χ1) is 30.2. The Kier molecular flexibility index (Phi) is 8.32. The van der Waals surface area contributed by atoms with Crippen LogP contribution in [0.1, 0.15) is 51.8 Å². The Labute approximate surface area is 359 Å². The van der Waals surface area contributed by atoms with Gasteiger partial charge < -0.3 is 4.90 Å². The van der Waals surface area contributed by atoms with E-state index >= 15 is 0 Å². The average molecular weight is 780 g/mol. The topological polar surface area (TPSA) is 3.24 Å². The van der Waals surface area contributed by atoms with Crippen LogP contribution in [0.2, 0.25) is 0 Å². The Morgan fingerprint density at radius 2 is 0.770 bits per heavy atom. The van der Waals surface area contributed by atoms with Crippen LogP contribution in [0.4, 0.5) is 17.1 Å². The van der Waals surface area contributed by atoms with Gasteiger partial charge in [0.05, 0.1) is 11.1 Å². The molecule has 61 heavy (non-hydrogen) atoms. The zero-order chi connectivity index (χ0) is 40.5. The largest absolute Gasteiger partial charge is 0.310 e. The van der Waals surface area contributed by atoms with Gasteiger partial charge in [-0.1, -0.05) is 170 Å². The second-order valence-electron chi connectivity index (χ2n) is 17.1. The molecule has 0 unspecified atom stereocenters. The molecule has 0 radical (unpaired) electrons. The molecular formula is C60H45N. The van der Waals surface area contributed by atoms with Crippen molar-refractivity contribution in [3.63, 3.8) is 0 Å². The Morgan fingerprint density at radius 3 is 1.28 bits per heavy atom. The lowest BCUT2D eigenvalue weighted by Gasteiger charge is -2.33. The number of aryl methyl sites for hydroxylation is 3. The van der Waals surface area contributed by atoms with Gasteiger partial charge in [-0.3, -0.25) is 0 Å². The van der Waals surface area contributed by atoms with Gasteiger partial charge in [-0.05, 0) is 158 Å². The first-order valence-corrected chi connectivity index (χ1v) is 21.9. The molecule has 0 bridgehead atoms. The van der Waals surface area contributed by atoms with Gasteiger partial charge in [0.25, 0.3) is 0 Å². The SMILES string of the molecule is Cc1cc2c(cc1-c1cc3c(cc1N(c1ccc(-c4ccccc4)cc1)c1ccc(-c4ccccc4)cc1)C1(c4ccccc4-c4ccccc41)c1ccccc1-3)CCCC2. The van der Waals surface area contributed by atoms with E-state index in [1.807, 2.05) is 0 Å². The number of hydrogen-bond donors (Lipinski definition) is 0. The molecule has 0 aliphatic heterocycles. The van der Waals surface area contributed by atoms with Gasteiger partial charge in [0.2, 0.25) is 0 Å². The van der Waals surface area contributed by atoms with Crippen LogP contribution in [-0.2, 0) is 18.3 Å². The van der Waals surface area contributed by atoms with Crippen molar-refractivity contribution in [3.05, 3.63) is 245 Å². The second-order valence-corrected chi connectivity index (χ2v) is 17.1. The monoisotopic (exact) mass is 779 g/mol. The van der Waals surface area contributed by atoms with E-state index in [0.717, 1.165) is 24.2 Å². The number of hydrogen-bond acceptors (Lipinski definition) is 1. The van der Waals surface area contributed by atoms with Gasteiger partial charge in [0.1, 0.15) is 0 Å². The molecule has 0 heterocycles. The van der Waals surface area contributed by atoms with Gasteiger partial charge in [0, 0.05) is 16.9 Å². The molecule has 290 valence electrons. The van der Waals surface area contributed by atoms with Crippen LogP contribution >= 0.6 is 0 Å². The lowest BCUT2D eigenvalue weighted by molar-refractivity contribution is 0.685. The predicted octanol–water partition coefficient (Wildman–Crippen LogP) is 15.7. The van der Waals surface area contributed by atoms with Gasteiger partial charge in [-0.2, -0.15) is 0 Å². The predicted molar refractivity (Wildman–Crippen MR) is 255 cm³/mol. The molecule has 0 saturated carbocycles. The smallest absolute Gasteiger partial charge is 0.0726 e. The van der Waals surface area contributed by atoms with Crippen molar-refractivity contribution in [1.29, 1.82) is 0 Å². The van der Waals surface area contributed by atoms with Gasteiger partial charge >= 0.3 is 0 Å². The standard InChI is InChI=1S/C60H45N/c1-40-36-45-20-8-9-21-46(45)37-52(40)54-38-53-51-24-12-15-27-57(51)60(55-25-13-10-22-49(55)50-23-11-14-26-56(50)60)58(53)39-59(54)61(47-32-28-43(29-33-47)41-16-4-2-5-17-41)48-34-30-44(31-35-48)42-18-6-3-7-19-42/h2-7,10-19,22-39H,8-9,20-21H2,1H3. The number of benzene rings is 9. The Bertz CT molecular complexity index is 2990. The maximum absolute atomic E-state index is 2.58. The highest BCUT2D eigenvalue weighted by molar-refractivity contribution is 6.00. The third-order valence-corrected chi connectivity index (χ3v) is 13.8. The lowest BCUT2D eigenvalue weighted by atomic mass is 9.70. The van der Waals surface area contributed by atoms with E-state index in [2.05, 4.69) is 218 Å². The minimum absolute atomic E-state index is 0.461. The van der Waals surface area contributed by atoms with Crippen LogP contribution in [-0.4, -0.2) is 0 Å².